The summed E-state index contributed by atoms with van der Waals surface area (Å²) in [6.07, 6.45) is 0.420. The van der Waals surface area contributed by atoms with Gasteiger partial charge in [-0.25, -0.2) is 9.18 Å². The quantitative estimate of drug-likeness (QED) is 0.696. The third-order valence-corrected chi connectivity index (χ3v) is 4.25. The smallest absolute Gasteiger partial charge is 0.321 e. The van der Waals surface area contributed by atoms with Crippen LogP contribution in [0.25, 0.3) is 11.5 Å². The van der Waals surface area contributed by atoms with E-state index < -0.39 is 0 Å². The normalized spacial score (nSPS) is 10.7. The highest BCUT2D eigenvalue weighted by Crippen LogP contribution is 2.21. The Labute approximate surface area is 160 Å². The number of aromatic nitrogens is 2. The lowest BCUT2D eigenvalue weighted by Gasteiger charge is -2.18. The zero-order chi connectivity index (χ0) is 19.4. The molecule has 3 aromatic rings. The number of anilines is 1. The molecule has 8 heteroatoms. The summed E-state index contributed by atoms with van der Waals surface area (Å²) in [5.41, 5.74) is 2.22. The number of carbonyl (C=O) groups excluding carboxylic acids is 1. The van der Waals surface area contributed by atoms with Gasteiger partial charge in [0.2, 0.25) is 0 Å². The maximum Gasteiger partial charge on any atom is 0.321 e. The Morgan fingerprint density at radius 1 is 1.26 bits per heavy atom. The Bertz CT molecular complexity index is 943. The number of carbonyl (C=O) groups is 1. The molecule has 2 amide bonds. The molecule has 0 aliphatic rings. The van der Waals surface area contributed by atoms with Crippen LogP contribution in [0.5, 0.6) is 0 Å². The van der Waals surface area contributed by atoms with Crippen LogP contribution in [-0.4, -0.2) is 34.7 Å². The molecule has 1 heterocycles. The van der Waals surface area contributed by atoms with Crippen molar-refractivity contribution in [2.24, 2.45) is 0 Å². The second-order valence-corrected chi connectivity index (χ2v) is 6.52. The van der Waals surface area contributed by atoms with E-state index in [-0.39, 0.29) is 11.8 Å². The summed E-state index contributed by atoms with van der Waals surface area (Å²) < 4.78 is 18.2. The molecule has 0 atom stereocenters. The van der Waals surface area contributed by atoms with Crippen LogP contribution in [0.2, 0.25) is 5.02 Å². The van der Waals surface area contributed by atoms with Crippen molar-refractivity contribution in [3.05, 3.63) is 64.7 Å². The zero-order valence-corrected chi connectivity index (χ0v) is 15.6. The van der Waals surface area contributed by atoms with Gasteiger partial charge < -0.3 is 14.7 Å². The molecule has 3 rings (SSSR count). The molecule has 0 spiro atoms. The number of rotatable bonds is 5. The predicted molar refractivity (Wildman–Crippen MR) is 101 cm³/mol. The number of nitrogens with zero attached hydrogens (tertiary/aromatic N) is 3. The Hall–Kier alpha value is -2.93. The summed E-state index contributed by atoms with van der Waals surface area (Å²) in [6, 6.07) is 10.8. The summed E-state index contributed by atoms with van der Waals surface area (Å²) in [5.74, 6) is 0.445. The fraction of sp³-hybridized carbons (Fsp3) is 0.211. The summed E-state index contributed by atoms with van der Waals surface area (Å²) in [5, 5.41) is 7.28. The monoisotopic (exact) mass is 388 g/mol. The number of hydrogen-bond donors (Lipinski definition) is 1. The first-order valence-corrected chi connectivity index (χ1v) is 8.67. The van der Waals surface area contributed by atoms with Gasteiger partial charge in [-0.2, -0.15) is 4.98 Å². The van der Waals surface area contributed by atoms with Gasteiger partial charge in [-0.3, -0.25) is 0 Å². The van der Waals surface area contributed by atoms with E-state index in [1.165, 1.54) is 17.0 Å². The van der Waals surface area contributed by atoms with Gasteiger partial charge in [0, 0.05) is 36.3 Å². The van der Waals surface area contributed by atoms with Crippen molar-refractivity contribution >= 4 is 23.3 Å². The van der Waals surface area contributed by atoms with Crippen LogP contribution in [0.15, 0.2) is 47.0 Å². The van der Waals surface area contributed by atoms with Gasteiger partial charge in [-0.1, -0.05) is 22.8 Å². The molecular formula is C19H18ClFN4O2. The van der Waals surface area contributed by atoms with E-state index in [9.17, 15) is 9.18 Å². The Morgan fingerprint density at radius 3 is 2.74 bits per heavy atom. The topological polar surface area (TPSA) is 71.3 Å². The maximum atomic E-state index is 13.0. The Kier molecular flexibility index (Phi) is 5.71. The summed E-state index contributed by atoms with van der Waals surface area (Å²) in [6.45, 7) is 2.29. The number of hydrogen-bond acceptors (Lipinski definition) is 4. The molecule has 1 N–H and O–H groups in total. The van der Waals surface area contributed by atoms with E-state index in [0.29, 0.717) is 41.0 Å². The zero-order valence-electron chi connectivity index (χ0n) is 14.9. The van der Waals surface area contributed by atoms with E-state index in [0.717, 1.165) is 5.56 Å². The standard InChI is InChI=1S/C19H18ClFN4O2/c1-12-3-6-14(20)11-16(12)22-19(26)25(2)10-9-17-23-18(27-24-17)13-4-7-15(21)8-5-13/h3-8,11H,9-10H2,1-2H3,(H,22,26). The molecule has 0 bridgehead atoms. The minimum absolute atomic E-state index is 0.261. The van der Waals surface area contributed by atoms with E-state index in [1.54, 1.807) is 31.3 Å². The molecule has 27 heavy (non-hydrogen) atoms. The lowest BCUT2D eigenvalue weighted by Crippen LogP contribution is -2.33. The molecule has 0 aliphatic heterocycles. The predicted octanol–water partition coefficient (Wildman–Crippen LogP) is 4.54. The fourth-order valence-corrected chi connectivity index (χ4v) is 2.55. The van der Waals surface area contributed by atoms with Crippen molar-refractivity contribution in [1.29, 1.82) is 0 Å². The molecule has 0 unspecified atom stereocenters. The summed E-state index contributed by atoms with van der Waals surface area (Å²) in [4.78, 5) is 18.1. The van der Waals surface area contributed by atoms with E-state index in [1.807, 2.05) is 13.0 Å². The number of nitrogens with one attached hydrogen (secondary N) is 1. The summed E-state index contributed by atoms with van der Waals surface area (Å²) >= 11 is 5.97. The molecule has 0 aliphatic carbocycles. The van der Waals surface area contributed by atoms with Crippen LogP contribution >= 0.6 is 11.6 Å². The minimum atomic E-state index is -0.332. The van der Waals surface area contributed by atoms with Crippen molar-refractivity contribution in [1.82, 2.24) is 15.0 Å². The SMILES string of the molecule is Cc1ccc(Cl)cc1NC(=O)N(C)CCc1noc(-c2ccc(F)cc2)n1. The highest BCUT2D eigenvalue weighted by Gasteiger charge is 2.13. The van der Waals surface area contributed by atoms with Gasteiger partial charge in [0.15, 0.2) is 5.82 Å². The molecule has 0 saturated heterocycles. The van der Waals surface area contributed by atoms with Crippen molar-refractivity contribution in [3.63, 3.8) is 0 Å². The summed E-state index contributed by atoms with van der Waals surface area (Å²) in [7, 11) is 1.68. The van der Waals surface area contributed by atoms with Crippen LogP contribution in [-0.2, 0) is 6.42 Å². The van der Waals surface area contributed by atoms with Gasteiger partial charge in [0.25, 0.3) is 5.89 Å². The maximum absolute atomic E-state index is 13.0. The Morgan fingerprint density at radius 2 is 2.00 bits per heavy atom. The van der Waals surface area contributed by atoms with E-state index in [4.69, 9.17) is 16.1 Å². The van der Waals surface area contributed by atoms with Crippen molar-refractivity contribution in [3.8, 4) is 11.5 Å². The van der Waals surface area contributed by atoms with Crippen LogP contribution in [0.4, 0.5) is 14.9 Å². The first kappa shape index (κ1) is 18.8. The number of halogens is 2. The third kappa shape index (κ3) is 4.83. The third-order valence-electron chi connectivity index (χ3n) is 4.02. The second-order valence-electron chi connectivity index (χ2n) is 6.08. The van der Waals surface area contributed by atoms with Gasteiger partial charge in [-0.15, -0.1) is 0 Å². The molecule has 0 radical (unpaired) electrons. The number of aryl methyl sites for hydroxylation is 1. The van der Waals surface area contributed by atoms with Gasteiger partial charge >= 0.3 is 6.03 Å². The van der Waals surface area contributed by atoms with Gasteiger partial charge in [0.1, 0.15) is 5.82 Å². The largest absolute Gasteiger partial charge is 0.334 e. The molecular weight excluding hydrogens is 371 g/mol. The van der Waals surface area contributed by atoms with Crippen LogP contribution in [0.1, 0.15) is 11.4 Å². The number of benzene rings is 2. The highest BCUT2D eigenvalue weighted by atomic mass is 35.5. The second kappa shape index (κ2) is 8.18. The van der Waals surface area contributed by atoms with E-state index in [2.05, 4.69) is 15.5 Å². The molecule has 0 fully saturated rings. The van der Waals surface area contributed by atoms with Crippen molar-refractivity contribution < 1.29 is 13.7 Å². The van der Waals surface area contributed by atoms with Crippen LogP contribution < -0.4 is 5.32 Å². The van der Waals surface area contributed by atoms with Gasteiger partial charge in [-0.05, 0) is 48.9 Å². The first-order chi connectivity index (χ1) is 12.9. The first-order valence-electron chi connectivity index (χ1n) is 8.29. The number of urea groups is 1. The average molecular weight is 389 g/mol. The van der Waals surface area contributed by atoms with Crippen molar-refractivity contribution in [2.75, 3.05) is 18.9 Å². The average Bonchev–Trinajstić information content (AvgIpc) is 3.12. The number of amides is 2. The molecule has 0 saturated carbocycles. The molecule has 140 valence electrons. The van der Waals surface area contributed by atoms with Crippen molar-refractivity contribution in [2.45, 2.75) is 13.3 Å². The fourth-order valence-electron chi connectivity index (χ4n) is 2.37. The highest BCUT2D eigenvalue weighted by molar-refractivity contribution is 6.31. The van der Waals surface area contributed by atoms with Gasteiger partial charge in [0.05, 0.1) is 0 Å². The molecule has 1 aromatic heterocycles. The molecule has 2 aromatic carbocycles. The van der Waals surface area contributed by atoms with E-state index >= 15 is 0 Å². The lowest BCUT2D eigenvalue weighted by atomic mass is 10.2. The lowest BCUT2D eigenvalue weighted by molar-refractivity contribution is 0.222. The Balaban J connectivity index is 1.57. The minimum Gasteiger partial charge on any atom is -0.334 e. The van der Waals surface area contributed by atoms with Crippen LogP contribution in [0.3, 0.4) is 0 Å². The number of likely N-dealkylation sites (N-methyl/N-ethyl adjacent to an activating group) is 1. The molecule has 6 nitrogen and oxygen atoms in total. The van der Waals surface area contributed by atoms with Crippen LogP contribution in [0, 0.1) is 12.7 Å².